The lowest BCUT2D eigenvalue weighted by atomic mass is 10.00. The molecule has 1 aromatic rings. The Labute approximate surface area is 155 Å². The highest BCUT2D eigenvalue weighted by Gasteiger charge is 2.36. The average Bonchev–Trinajstić information content (AvgIpc) is 3.10. The van der Waals surface area contributed by atoms with E-state index in [1.54, 1.807) is 0 Å². The number of anilines is 1. The van der Waals surface area contributed by atoms with Crippen molar-refractivity contribution in [3.8, 4) is 0 Å². The number of halogens is 3. The molecule has 146 valence electrons. The Hall–Kier alpha value is -1.42. The number of alkyl halides is 3. The van der Waals surface area contributed by atoms with Crippen LogP contribution in [-0.4, -0.2) is 71.7 Å². The first-order valence-electron chi connectivity index (χ1n) is 8.98. The van der Waals surface area contributed by atoms with Crippen LogP contribution in [0.15, 0.2) is 0 Å². The number of hydrogen-bond acceptors (Lipinski definition) is 6. The van der Waals surface area contributed by atoms with Crippen molar-refractivity contribution in [2.75, 3.05) is 50.7 Å². The highest BCUT2D eigenvalue weighted by molar-refractivity contribution is 7.15. The summed E-state index contributed by atoms with van der Waals surface area (Å²) in [5.74, 6) is 0.780. The van der Waals surface area contributed by atoms with E-state index in [-0.39, 0.29) is 5.91 Å². The highest BCUT2D eigenvalue weighted by atomic mass is 32.1. The van der Waals surface area contributed by atoms with Crippen molar-refractivity contribution in [1.29, 1.82) is 0 Å². The summed E-state index contributed by atoms with van der Waals surface area (Å²) < 4.78 is 37.9. The standard InChI is InChI=1S/C16H24F3N5OS/c1-12-3-2-5-24(11-12)13(25)4-6-22-7-9-23(10-8-22)15-21-20-14(26-15)16(17,18)19/h12H,2-11H2,1H3/t12-/m1/s1. The van der Waals surface area contributed by atoms with Gasteiger partial charge in [-0.15, -0.1) is 10.2 Å². The van der Waals surface area contributed by atoms with E-state index in [9.17, 15) is 18.0 Å². The molecule has 1 amide bonds. The Kier molecular flexibility index (Phi) is 6.01. The fraction of sp³-hybridized carbons (Fsp3) is 0.812. The molecule has 2 aliphatic heterocycles. The smallest absolute Gasteiger partial charge is 0.344 e. The first kappa shape index (κ1) is 19.3. The van der Waals surface area contributed by atoms with Crippen molar-refractivity contribution in [2.45, 2.75) is 32.4 Å². The van der Waals surface area contributed by atoms with E-state index in [0.29, 0.717) is 61.5 Å². The highest BCUT2D eigenvalue weighted by Crippen LogP contribution is 2.34. The Morgan fingerprint density at radius 1 is 1.19 bits per heavy atom. The maximum atomic E-state index is 12.6. The number of aromatic nitrogens is 2. The quantitative estimate of drug-likeness (QED) is 0.789. The number of hydrogen-bond donors (Lipinski definition) is 0. The summed E-state index contributed by atoms with van der Waals surface area (Å²) >= 11 is 0.584. The van der Waals surface area contributed by atoms with Gasteiger partial charge in [0.15, 0.2) is 0 Å². The number of likely N-dealkylation sites (tertiary alicyclic amines) is 1. The lowest BCUT2D eigenvalue weighted by Crippen LogP contribution is -2.48. The van der Waals surface area contributed by atoms with Gasteiger partial charge in [0.1, 0.15) is 0 Å². The Bertz CT molecular complexity index is 615. The molecule has 0 unspecified atom stereocenters. The topological polar surface area (TPSA) is 52.6 Å². The van der Waals surface area contributed by atoms with E-state index in [1.165, 1.54) is 6.42 Å². The van der Waals surface area contributed by atoms with Crippen molar-refractivity contribution in [2.24, 2.45) is 5.92 Å². The van der Waals surface area contributed by atoms with Gasteiger partial charge in [-0.25, -0.2) is 0 Å². The van der Waals surface area contributed by atoms with Crippen molar-refractivity contribution in [3.05, 3.63) is 5.01 Å². The summed E-state index contributed by atoms with van der Waals surface area (Å²) in [4.78, 5) is 18.3. The van der Waals surface area contributed by atoms with Gasteiger partial charge in [0.25, 0.3) is 0 Å². The predicted octanol–water partition coefficient (Wildman–Crippen LogP) is 2.33. The number of piperazine rings is 1. The van der Waals surface area contributed by atoms with Crippen LogP contribution in [0.2, 0.25) is 0 Å². The van der Waals surface area contributed by atoms with Crippen molar-refractivity contribution in [1.82, 2.24) is 20.0 Å². The fourth-order valence-corrected chi connectivity index (χ4v) is 4.21. The van der Waals surface area contributed by atoms with Crippen molar-refractivity contribution >= 4 is 22.4 Å². The van der Waals surface area contributed by atoms with E-state index in [1.807, 2.05) is 9.80 Å². The number of amides is 1. The van der Waals surface area contributed by atoms with E-state index < -0.39 is 11.2 Å². The molecular weight excluding hydrogens is 367 g/mol. The van der Waals surface area contributed by atoms with E-state index in [2.05, 4.69) is 22.0 Å². The molecule has 1 aromatic heterocycles. The van der Waals surface area contributed by atoms with Crippen LogP contribution in [0.5, 0.6) is 0 Å². The molecule has 10 heteroatoms. The predicted molar refractivity (Wildman–Crippen MR) is 93.2 cm³/mol. The van der Waals surface area contributed by atoms with Crippen LogP contribution in [0.1, 0.15) is 31.2 Å². The molecule has 26 heavy (non-hydrogen) atoms. The number of piperidine rings is 1. The number of carbonyl (C=O) groups excluding carboxylic acids is 1. The lowest BCUT2D eigenvalue weighted by molar-refractivity contribution is -0.138. The molecule has 2 fully saturated rings. The van der Waals surface area contributed by atoms with Gasteiger partial charge in [-0.3, -0.25) is 9.69 Å². The second kappa shape index (κ2) is 8.08. The second-order valence-electron chi connectivity index (χ2n) is 7.05. The van der Waals surface area contributed by atoms with Crippen LogP contribution >= 0.6 is 11.3 Å². The third-order valence-electron chi connectivity index (χ3n) is 4.95. The molecule has 0 N–H and O–H groups in total. The molecule has 6 nitrogen and oxygen atoms in total. The van der Waals surface area contributed by atoms with Crippen molar-refractivity contribution in [3.63, 3.8) is 0 Å². The molecule has 0 bridgehead atoms. The number of carbonyl (C=O) groups is 1. The first-order chi connectivity index (χ1) is 12.3. The molecule has 0 aromatic carbocycles. The van der Waals surface area contributed by atoms with E-state index in [4.69, 9.17) is 0 Å². The third kappa shape index (κ3) is 4.85. The van der Waals surface area contributed by atoms with Crippen LogP contribution in [0, 0.1) is 5.92 Å². The molecule has 2 saturated heterocycles. The third-order valence-corrected chi connectivity index (χ3v) is 5.98. The molecule has 1 atom stereocenters. The molecule has 0 saturated carbocycles. The van der Waals surface area contributed by atoms with Gasteiger partial charge in [0, 0.05) is 52.2 Å². The second-order valence-corrected chi connectivity index (χ2v) is 8.01. The molecule has 0 radical (unpaired) electrons. The van der Waals surface area contributed by atoms with Crippen molar-refractivity contribution < 1.29 is 18.0 Å². The summed E-state index contributed by atoms with van der Waals surface area (Å²) in [6.45, 7) is 7.20. The van der Waals surface area contributed by atoms with Crippen LogP contribution in [-0.2, 0) is 11.0 Å². The monoisotopic (exact) mass is 391 g/mol. The average molecular weight is 391 g/mol. The largest absolute Gasteiger partial charge is 0.445 e. The summed E-state index contributed by atoms with van der Waals surface area (Å²) in [7, 11) is 0. The van der Waals surface area contributed by atoms with Gasteiger partial charge in [0.2, 0.25) is 16.0 Å². The van der Waals surface area contributed by atoms with Gasteiger partial charge in [0.05, 0.1) is 0 Å². The Morgan fingerprint density at radius 3 is 2.54 bits per heavy atom. The van der Waals surface area contributed by atoms with Crippen LogP contribution in [0.25, 0.3) is 0 Å². The van der Waals surface area contributed by atoms with Gasteiger partial charge in [-0.2, -0.15) is 13.2 Å². The van der Waals surface area contributed by atoms with Gasteiger partial charge < -0.3 is 9.80 Å². The van der Waals surface area contributed by atoms with Gasteiger partial charge in [-0.05, 0) is 18.8 Å². The zero-order valence-corrected chi connectivity index (χ0v) is 15.7. The minimum Gasteiger partial charge on any atom is -0.344 e. The molecule has 3 rings (SSSR count). The molecular formula is C16H24F3N5OS. The van der Waals surface area contributed by atoms with Gasteiger partial charge in [-0.1, -0.05) is 18.3 Å². The summed E-state index contributed by atoms with van der Waals surface area (Å²) in [6, 6.07) is 0. The molecule has 0 spiro atoms. The Morgan fingerprint density at radius 2 is 1.92 bits per heavy atom. The Balaban J connectivity index is 1.42. The summed E-state index contributed by atoms with van der Waals surface area (Å²) in [6.07, 6.45) is -1.67. The zero-order chi connectivity index (χ0) is 18.7. The first-order valence-corrected chi connectivity index (χ1v) is 9.80. The maximum absolute atomic E-state index is 12.6. The minimum absolute atomic E-state index is 0.206. The summed E-state index contributed by atoms with van der Waals surface area (Å²) in [5.41, 5.74) is 0. The maximum Gasteiger partial charge on any atom is 0.445 e. The van der Waals surface area contributed by atoms with Crippen LogP contribution < -0.4 is 4.90 Å². The zero-order valence-electron chi connectivity index (χ0n) is 14.8. The van der Waals surface area contributed by atoms with E-state index in [0.717, 1.165) is 19.5 Å². The van der Waals surface area contributed by atoms with Crippen LogP contribution in [0.3, 0.4) is 0 Å². The lowest BCUT2D eigenvalue weighted by Gasteiger charge is -2.35. The SMILES string of the molecule is C[C@@H]1CCCN(C(=O)CCN2CCN(c3nnc(C(F)(F)F)s3)CC2)C1. The molecule has 3 heterocycles. The number of nitrogens with zero attached hydrogens (tertiary/aromatic N) is 5. The number of rotatable bonds is 4. The normalized spacial score (nSPS) is 22.7. The van der Waals surface area contributed by atoms with Crippen LogP contribution in [0.4, 0.5) is 18.3 Å². The molecule has 0 aliphatic carbocycles. The minimum atomic E-state index is -4.44. The fourth-order valence-electron chi connectivity index (χ4n) is 3.45. The van der Waals surface area contributed by atoms with E-state index >= 15 is 0 Å². The van der Waals surface area contributed by atoms with Gasteiger partial charge >= 0.3 is 6.18 Å². The summed E-state index contributed by atoms with van der Waals surface area (Å²) in [5, 5.41) is 6.32. The molecule has 2 aliphatic rings.